The average molecular weight is 358 g/mol. The molecule has 3 rings (SSSR count). The average Bonchev–Trinajstić information content (AvgIpc) is 3.01. The van der Waals surface area contributed by atoms with Crippen LogP contribution in [0.2, 0.25) is 0 Å². The molecule has 0 bridgehead atoms. The summed E-state index contributed by atoms with van der Waals surface area (Å²) in [6.45, 7) is 4.13. The molecule has 0 unspecified atom stereocenters. The van der Waals surface area contributed by atoms with Gasteiger partial charge in [-0.25, -0.2) is 4.98 Å². The first-order valence-corrected chi connectivity index (χ1v) is 9.41. The van der Waals surface area contributed by atoms with Crippen LogP contribution in [0.15, 0.2) is 41.3 Å². The summed E-state index contributed by atoms with van der Waals surface area (Å²) >= 11 is 3.21. The van der Waals surface area contributed by atoms with E-state index in [0.29, 0.717) is 16.4 Å². The highest BCUT2D eigenvalue weighted by atomic mass is 32.2. The van der Waals surface area contributed by atoms with E-state index in [1.807, 2.05) is 43.3 Å². The fraction of sp³-hybridized carbons (Fsp3) is 0.222. The molecule has 0 saturated carbocycles. The van der Waals surface area contributed by atoms with Crippen molar-refractivity contribution < 1.29 is 9.53 Å². The van der Waals surface area contributed by atoms with E-state index in [2.05, 4.69) is 17.2 Å². The number of hydrogen-bond donors (Lipinski definition) is 1. The van der Waals surface area contributed by atoms with Crippen LogP contribution in [-0.2, 0) is 0 Å². The molecule has 0 radical (unpaired) electrons. The van der Waals surface area contributed by atoms with Gasteiger partial charge in [0.1, 0.15) is 11.3 Å². The fourth-order valence-electron chi connectivity index (χ4n) is 2.37. The Kier molecular flexibility index (Phi) is 5.06. The van der Waals surface area contributed by atoms with Crippen molar-refractivity contribution in [2.75, 3.05) is 18.2 Å². The van der Waals surface area contributed by atoms with Gasteiger partial charge in [0.05, 0.1) is 11.8 Å². The van der Waals surface area contributed by atoms with Crippen LogP contribution < -0.4 is 10.1 Å². The van der Waals surface area contributed by atoms with Gasteiger partial charge in [-0.05, 0) is 48.6 Å². The van der Waals surface area contributed by atoms with Crippen molar-refractivity contribution in [3.63, 3.8) is 0 Å². The van der Waals surface area contributed by atoms with Crippen LogP contribution >= 0.6 is 23.1 Å². The number of nitrogens with zero attached hydrogens (tertiary/aromatic N) is 1. The summed E-state index contributed by atoms with van der Waals surface area (Å²) in [6, 6.07) is 11.5. The van der Waals surface area contributed by atoms with Gasteiger partial charge in [-0.2, -0.15) is 0 Å². The van der Waals surface area contributed by atoms with E-state index in [4.69, 9.17) is 4.74 Å². The zero-order chi connectivity index (χ0) is 17.1. The monoisotopic (exact) mass is 358 g/mol. The number of rotatable bonds is 5. The molecule has 4 nitrogen and oxygen atoms in total. The SMILES string of the molecule is CCSc1ccc(C(=O)Nc2nc3c(OC)ccc(C)c3s2)cc1. The predicted molar refractivity (Wildman–Crippen MR) is 102 cm³/mol. The molecule has 1 aromatic heterocycles. The fourth-order valence-corrected chi connectivity index (χ4v) is 3.97. The molecule has 0 saturated heterocycles. The number of carbonyl (C=O) groups is 1. The smallest absolute Gasteiger partial charge is 0.257 e. The number of ether oxygens (including phenoxy) is 1. The Labute approximate surface area is 149 Å². The third kappa shape index (κ3) is 3.39. The number of thiazole rings is 1. The second-order valence-corrected chi connectivity index (χ2v) is 7.53. The summed E-state index contributed by atoms with van der Waals surface area (Å²) in [5.74, 6) is 1.57. The van der Waals surface area contributed by atoms with E-state index in [1.165, 1.54) is 11.3 Å². The number of nitrogens with one attached hydrogen (secondary N) is 1. The lowest BCUT2D eigenvalue weighted by Crippen LogP contribution is -2.11. The first-order valence-electron chi connectivity index (χ1n) is 7.60. The minimum atomic E-state index is -0.154. The van der Waals surface area contributed by atoms with Crippen LogP contribution in [0.4, 0.5) is 5.13 Å². The molecule has 0 atom stereocenters. The topological polar surface area (TPSA) is 51.2 Å². The second-order valence-electron chi connectivity index (χ2n) is 5.19. The first-order chi connectivity index (χ1) is 11.6. The summed E-state index contributed by atoms with van der Waals surface area (Å²) in [7, 11) is 1.62. The van der Waals surface area contributed by atoms with E-state index in [0.717, 1.165) is 26.4 Å². The maximum atomic E-state index is 12.4. The highest BCUT2D eigenvalue weighted by Gasteiger charge is 2.14. The van der Waals surface area contributed by atoms with Gasteiger partial charge >= 0.3 is 0 Å². The van der Waals surface area contributed by atoms with Gasteiger partial charge in [0.2, 0.25) is 0 Å². The normalized spacial score (nSPS) is 10.8. The minimum absolute atomic E-state index is 0.154. The summed E-state index contributed by atoms with van der Waals surface area (Å²) < 4.78 is 6.38. The maximum absolute atomic E-state index is 12.4. The number of amides is 1. The zero-order valence-corrected chi connectivity index (χ0v) is 15.4. The van der Waals surface area contributed by atoms with Crippen molar-refractivity contribution in [3.8, 4) is 5.75 Å². The zero-order valence-electron chi connectivity index (χ0n) is 13.8. The van der Waals surface area contributed by atoms with Crippen molar-refractivity contribution in [1.82, 2.24) is 4.98 Å². The molecule has 0 aliphatic carbocycles. The Morgan fingerprint density at radius 2 is 2.00 bits per heavy atom. The van der Waals surface area contributed by atoms with E-state index < -0.39 is 0 Å². The van der Waals surface area contributed by atoms with Crippen LogP contribution in [0.5, 0.6) is 5.75 Å². The van der Waals surface area contributed by atoms with Gasteiger partial charge in [0, 0.05) is 10.5 Å². The Morgan fingerprint density at radius 3 is 2.67 bits per heavy atom. The van der Waals surface area contributed by atoms with Gasteiger partial charge in [-0.3, -0.25) is 10.1 Å². The molecule has 1 amide bonds. The number of carbonyl (C=O) groups excluding carboxylic acids is 1. The molecule has 3 aromatic rings. The highest BCUT2D eigenvalue weighted by molar-refractivity contribution is 7.99. The quantitative estimate of drug-likeness (QED) is 0.654. The van der Waals surface area contributed by atoms with E-state index in [-0.39, 0.29) is 5.91 Å². The molecule has 0 spiro atoms. The van der Waals surface area contributed by atoms with Gasteiger partial charge in [-0.1, -0.05) is 24.3 Å². The van der Waals surface area contributed by atoms with E-state index in [9.17, 15) is 4.79 Å². The Morgan fingerprint density at radius 1 is 1.25 bits per heavy atom. The molecular weight excluding hydrogens is 340 g/mol. The van der Waals surface area contributed by atoms with Crippen LogP contribution in [0.25, 0.3) is 10.2 Å². The number of fused-ring (bicyclic) bond motifs is 1. The van der Waals surface area contributed by atoms with Gasteiger partial charge in [-0.15, -0.1) is 11.8 Å². The molecule has 2 aromatic carbocycles. The summed E-state index contributed by atoms with van der Waals surface area (Å²) in [5, 5.41) is 3.46. The third-order valence-electron chi connectivity index (χ3n) is 3.57. The van der Waals surface area contributed by atoms with Crippen molar-refractivity contribution >= 4 is 44.4 Å². The largest absolute Gasteiger partial charge is 0.494 e. The van der Waals surface area contributed by atoms with Crippen LogP contribution in [0.3, 0.4) is 0 Å². The molecule has 1 N–H and O–H groups in total. The van der Waals surface area contributed by atoms with Gasteiger partial charge < -0.3 is 4.74 Å². The highest BCUT2D eigenvalue weighted by Crippen LogP contribution is 2.34. The molecular formula is C18H18N2O2S2. The number of anilines is 1. The van der Waals surface area contributed by atoms with Crippen molar-refractivity contribution in [2.45, 2.75) is 18.7 Å². The number of hydrogen-bond acceptors (Lipinski definition) is 5. The Bertz CT molecular complexity index is 873. The van der Waals surface area contributed by atoms with Crippen LogP contribution in [-0.4, -0.2) is 23.8 Å². The minimum Gasteiger partial charge on any atom is -0.494 e. The molecule has 24 heavy (non-hydrogen) atoms. The molecule has 0 aliphatic heterocycles. The molecule has 0 fully saturated rings. The van der Waals surface area contributed by atoms with E-state index >= 15 is 0 Å². The van der Waals surface area contributed by atoms with Gasteiger partial charge in [0.25, 0.3) is 5.91 Å². The van der Waals surface area contributed by atoms with Gasteiger partial charge in [0.15, 0.2) is 5.13 Å². The van der Waals surface area contributed by atoms with Crippen molar-refractivity contribution in [2.24, 2.45) is 0 Å². The maximum Gasteiger partial charge on any atom is 0.257 e. The Balaban J connectivity index is 1.84. The third-order valence-corrected chi connectivity index (χ3v) is 5.57. The second kappa shape index (κ2) is 7.23. The molecule has 1 heterocycles. The predicted octanol–water partition coefficient (Wildman–Crippen LogP) is 4.98. The Hall–Kier alpha value is -2.05. The standard InChI is InChI=1S/C18H18N2O2S2/c1-4-23-13-8-6-12(7-9-13)17(21)20-18-19-15-14(22-3)10-5-11(2)16(15)24-18/h5-10H,4H2,1-3H3,(H,19,20,21). The lowest BCUT2D eigenvalue weighted by molar-refractivity contribution is 0.102. The van der Waals surface area contributed by atoms with Crippen LogP contribution in [0, 0.1) is 6.92 Å². The summed E-state index contributed by atoms with van der Waals surface area (Å²) in [6.07, 6.45) is 0. The summed E-state index contributed by atoms with van der Waals surface area (Å²) in [4.78, 5) is 18.1. The number of aryl methyl sites for hydroxylation is 1. The van der Waals surface area contributed by atoms with E-state index in [1.54, 1.807) is 18.9 Å². The molecule has 124 valence electrons. The lowest BCUT2D eigenvalue weighted by Gasteiger charge is -2.03. The number of methoxy groups -OCH3 is 1. The number of aromatic nitrogens is 1. The number of thioether (sulfide) groups is 1. The van der Waals surface area contributed by atoms with Crippen molar-refractivity contribution in [1.29, 1.82) is 0 Å². The van der Waals surface area contributed by atoms with Crippen molar-refractivity contribution in [3.05, 3.63) is 47.5 Å². The first kappa shape index (κ1) is 16.8. The molecule has 6 heteroatoms. The lowest BCUT2D eigenvalue weighted by atomic mass is 10.2. The number of benzene rings is 2. The summed E-state index contributed by atoms with van der Waals surface area (Å²) in [5.41, 5.74) is 2.52. The van der Waals surface area contributed by atoms with Crippen LogP contribution in [0.1, 0.15) is 22.8 Å². The molecule has 0 aliphatic rings.